The van der Waals surface area contributed by atoms with Gasteiger partial charge in [0.05, 0.1) is 11.7 Å². The molecule has 140 valence electrons. The van der Waals surface area contributed by atoms with Gasteiger partial charge in [0.1, 0.15) is 12.2 Å². The molecule has 2 heterocycles. The number of nitrogens with zero attached hydrogens (tertiary/aromatic N) is 4. The van der Waals surface area contributed by atoms with Crippen LogP contribution < -0.4 is 5.32 Å². The first-order valence-corrected chi connectivity index (χ1v) is 9.39. The van der Waals surface area contributed by atoms with Crippen molar-refractivity contribution >= 4 is 5.91 Å². The molecule has 0 radical (unpaired) electrons. The van der Waals surface area contributed by atoms with E-state index in [1.807, 2.05) is 32.0 Å². The van der Waals surface area contributed by atoms with Crippen LogP contribution in [0.3, 0.4) is 0 Å². The first kappa shape index (κ1) is 18.6. The maximum Gasteiger partial charge on any atom is 0.244 e. The second kappa shape index (κ2) is 7.99. The summed E-state index contributed by atoms with van der Waals surface area (Å²) in [5.74, 6) is 0.790. The smallest absolute Gasteiger partial charge is 0.244 e. The fourth-order valence-corrected chi connectivity index (χ4v) is 3.36. The first-order chi connectivity index (χ1) is 12.5. The van der Waals surface area contributed by atoms with Crippen molar-refractivity contribution in [2.75, 3.05) is 20.1 Å². The van der Waals surface area contributed by atoms with Crippen molar-refractivity contribution in [3.8, 4) is 0 Å². The average Bonchev–Trinajstić information content (AvgIpc) is 3.12. The lowest BCUT2D eigenvalue weighted by Gasteiger charge is -2.32. The van der Waals surface area contributed by atoms with Gasteiger partial charge in [0.2, 0.25) is 5.91 Å². The zero-order chi connectivity index (χ0) is 18.6. The van der Waals surface area contributed by atoms with E-state index in [-0.39, 0.29) is 18.0 Å². The van der Waals surface area contributed by atoms with Crippen LogP contribution >= 0.6 is 0 Å². The number of piperidine rings is 1. The molecule has 1 saturated heterocycles. The summed E-state index contributed by atoms with van der Waals surface area (Å²) in [7, 11) is 1.89. The summed E-state index contributed by atoms with van der Waals surface area (Å²) in [6.45, 7) is 6.01. The normalized spacial score (nSPS) is 16.0. The number of benzene rings is 1. The van der Waals surface area contributed by atoms with Crippen molar-refractivity contribution < 1.29 is 4.79 Å². The van der Waals surface area contributed by atoms with Gasteiger partial charge in [-0.2, -0.15) is 0 Å². The lowest BCUT2D eigenvalue weighted by molar-refractivity contribution is -0.133. The monoisotopic (exact) mass is 355 g/mol. The number of rotatable bonds is 6. The summed E-state index contributed by atoms with van der Waals surface area (Å²) >= 11 is 0. The van der Waals surface area contributed by atoms with E-state index in [1.165, 1.54) is 5.56 Å². The minimum atomic E-state index is -0.253. The minimum absolute atomic E-state index is 0.127. The Morgan fingerprint density at radius 2 is 1.92 bits per heavy atom. The molecule has 6 nitrogen and oxygen atoms in total. The van der Waals surface area contributed by atoms with Crippen LogP contribution in [0, 0.1) is 5.92 Å². The van der Waals surface area contributed by atoms with E-state index >= 15 is 0 Å². The van der Waals surface area contributed by atoms with Crippen LogP contribution in [0.5, 0.6) is 0 Å². The first-order valence-electron chi connectivity index (χ1n) is 9.39. The Morgan fingerprint density at radius 1 is 1.23 bits per heavy atom. The van der Waals surface area contributed by atoms with E-state index in [2.05, 4.69) is 46.0 Å². The minimum Gasteiger partial charge on any atom is -0.341 e. The van der Waals surface area contributed by atoms with E-state index in [9.17, 15) is 4.79 Å². The number of carbonyl (C=O) groups is 1. The predicted molar refractivity (Wildman–Crippen MR) is 102 cm³/mol. The Kier molecular flexibility index (Phi) is 5.71. The molecule has 1 amide bonds. The Bertz CT molecular complexity index is 717. The van der Waals surface area contributed by atoms with Gasteiger partial charge in [0.15, 0.2) is 0 Å². The van der Waals surface area contributed by atoms with Gasteiger partial charge in [-0.1, -0.05) is 35.5 Å². The van der Waals surface area contributed by atoms with Crippen LogP contribution in [0.25, 0.3) is 0 Å². The van der Waals surface area contributed by atoms with Crippen molar-refractivity contribution in [2.45, 2.75) is 45.2 Å². The summed E-state index contributed by atoms with van der Waals surface area (Å²) in [4.78, 5) is 14.5. The molecule has 1 fully saturated rings. The fourth-order valence-electron chi connectivity index (χ4n) is 3.36. The topological polar surface area (TPSA) is 63.1 Å². The number of hydrogen-bond acceptors (Lipinski definition) is 4. The van der Waals surface area contributed by atoms with Gasteiger partial charge < -0.3 is 10.2 Å². The van der Waals surface area contributed by atoms with Gasteiger partial charge in [0.25, 0.3) is 0 Å². The molecule has 3 rings (SSSR count). The third-order valence-electron chi connectivity index (χ3n) is 5.44. The van der Waals surface area contributed by atoms with Crippen molar-refractivity contribution in [1.82, 2.24) is 25.2 Å². The number of carbonyl (C=O) groups excluding carboxylic acids is 1. The van der Waals surface area contributed by atoms with Crippen LogP contribution in [0.2, 0.25) is 0 Å². The van der Waals surface area contributed by atoms with Crippen LogP contribution in [0.15, 0.2) is 36.5 Å². The summed E-state index contributed by atoms with van der Waals surface area (Å²) in [6, 6.07) is 10.6. The summed E-state index contributed by atoms with van der Waals surface area (Å²) in [5.41, 5.74) is 1.98. The molecule has 0 unspecified atom stereocenters. The largest absolute Gasteiger partial charge is 0.341 e. The number of nitrogens with one attached hydrogen (secondary N) is 1. The quantitative estimate of drug-likeness (QED) is 0.863. The van der Waals surface area contributed by atoms with Gasteiger partial charge in [-0.3, -0.25) is 4.79 Å². The van der Waals surface area contributed by atoms with Gasteiger partial charge in [-0.05, 0) is 51.6 Å². The number of aromatic nitrogens is 3. The molecule has 2 aromatic rings. The SMILES string of the molecule is CNC(C)(C)c1cn(CC(=O)N2CCC(Cc3ccccc3)CC2)nn1. The fraction of sp³-hybridized carbons (Fsp3) is 0.550. The predicted octanol–water partition coefficient (Wildman–Crippen LogP) is 2.21. The number of amides is 1. The van der Waals surface area contributed by atoms with E-state index in [0.29, 0.717) is 5.92 Å². The molecule has 6 heteroatoms. The molecule has 1 aromatic carbocycles. The molecule has 1 aliphatic rings. The highest BCUT2D eigenvalue weighted by atomic mass is 16.2. The average molecular weight is 355 g/mol. The molecule has 0 bridgehead atoms. The molecule has 1 aromatic heterocycles. The van der Waals surface area contributed by atoms with Gasteiger partial charge in [-0.25, -0.2) is 4.68 Å². The van der Waals surface area contributed by atoms with Crippen molar-refractivity contribution in [1.29, 1.82) is 0 Å². The van der Waals surface area contributed by atoms with Crippen LogP contribution in [0.4, 0.5) is 0 Å². The standard InChI is InChI=1S/C20H29N5O/c1-20(2,21-3)18-14-25(23-22-18)15-19(26)24-11-9-17(10-12-24)13-16-7-5-4-6-8-16/h4-8,14,17,21H,9-13,15H2,1-3H3. The van der Waals surface area contributed by atoms with Gasteiger partial charge >= 0.3 is 0 Å². The number of hydrogen-bond donors (Lipinski definition) is 1. The molecule has 0 aliphatic carbocycles. The lowest BCUT2D eigenvalue weighted by atomic mass is 9.90. The van der Waals surface area contributed by atoms with E-state index < -0.39 is 0 Å². The van der Waals surface area contributed by atoms with Crippen LogP contribution in [-0.4, -0.2) is 45.9 Å². The molecule has 26 heavy (non-hydrogen) atoms. The molecule has 1 aliphatic heterocycles. The second-order valence-electron chi connectivity index (χ2n) is 7.69. The highest BCUT2D eigenvalue weighted by Crippen LogP contribution is 2.22. The van der Waals surface area contributed by atoms with E-state index in [1.54, 1.807) is 4.68 Å². The lowest BCUT2D eigenvalue weighted by Crippen LogP contribution is -2.40. The Morgan fingerprint density at radius 3 is 2.58 bits per heavy atom. The Balaban J connectivity index is 1.49. The molecule has 1 N–H and O–H groups in total. The maximum absolute atomic E-state index is 12.6. The van der Waals surface area contributed by atoms with Crippen molar-refractivity contribution in [3.63, 3.8) is 0 Å². The van der Waals surface area contributed by atoms with Crippen LogP contribution in [-0.2, 0) is 23.3 Å². The highest BCUT2D eigenvalue weighted by Gasteiger charge is 2.25. The zero-order valence-corrected chi connectivity index (χ0v) is 16.0. The molecular formula is C20H29N5O. The van der Waals surface area contributed by atoms with Crippen LogP contribution in [0.1, 0.15) is 37.9 Å². The molecule has 0 saturated carbocycles. The van der Waals surface area contributed by atoms with E-state index in [4.69, 9.17) is 0 Å². The third-order valence-corrected chi connectivity index (χ3v) is 5.44. The molecule has 0 atom stereocenters. The van der Waals surface area contributed by atoms with E-state index in [0.717, 1.165) is 38.0 Å². The number of likely N-dealkylation sites (tertiary alicyclic amines) is 1. The Labute approximate surface area is 155 Å². The van der Waals surface area contributed by atoms with Gasteiger partial charge in [-0.15, -0.1) is 5.10 Å². The highest BCUT2D eigenvalue weighted by molar-refractivity contribution is 5.76. The second-order valence-corrected chi connectivity index (χ2v) is 7.69. The summed E-state index contributed by atoms with van der Waals surface area (Å²) in [5, 5.41) is 11.5. The van der Waals surface area contributed by atoms with Gasteiger partial charge in [0, 0.05) is 13.1 Å². The van der Waals surface area contributed by atoms with Crippen molar-refractivity contribution in [2.24, 2.45) is 5.92 Å². The molecule has 0 spiro atoms. The molecular weight excluding hydrogens is 326 g/mol. The summed E-state index contributed by atoms with van der Waals surface area (Å²) in [6.07, 6.45) is 5.09. The third kappa shape index (κ3) is 4.49. The maximum atomic E-state index is 12.6. The summed E-state index contributed by atoms with van der Waals surface area (Å²) < 4.78 is 1.65. The zero-order valence-electron chi connectivity index (χ0n) is 16.0. The Hall–Kier alpha value is -2.21. The van der Waals surface area contributed by atoms with Crippen molar-refractivity contribution in [3.05, 3.63) is 47.8 Å².